The number of pyridine rings is 1. The molecule has 0 radical (unpaired) electrons. The molecule has 1 nitrogen and oxygen atoms in total. The number of nitrogens with zero attached hydrogens (tertiary/aromatic N) is 1. The van der Waals surface area contributed by atoms with E-state index in [1.54, 1.807) is 13.8 Å². The molecule has 0 aliphatic rings. The first-order valence-corrected chi connectivity index (χ1v) is 3.21. The first kappa shape index (κ1) is 7.19. The lowest BCUT2D eigenvalue weighted by molar-refractivity contribution is 0.611. The van der Waals surface area contributed by atoms with Crippen molar-refractivity contribution in [3.63, 3.8) is 0 Å². The number of halogens is 1. The van der Waals surface area contributed by atoms with E-state index in [0.29, 0.717) is 5.56 Å². The highest BCUT2D eigenvalue weighted by molar-refractivity contribution is 5.21. The summed E-state index contributed by atoms with van der Waals surface area (Å²) in [5.74, 6) is -0.162. The van der Waals surface area contributed by atoms with Gasteiger partial charge in [0.2, 0.25) is 0 Å². The van der Waals surface area contributed by atoms with E-state index in [-0.39, 0.29) is 5.82 Å². The molecular weight excluding hydrogens is 129 g/mol. The largest absolute Gasteiger partial charge is 0.258 e. The third-order valence-electron chi connectivity index (χ3n) is 1.58. The summed E-state index contributed by atoms with van der Waals surface area (Å²) in [7, 11) is 0. The smallest absolute Gasteiger partial charge is 0.129 e. The summed E-state index contributed by atoms with van der Waals surface area (Å²) in [6.07, 6.45) is 0. The Morgan fingerprint density at radius 2 is 1.90 bits per heavy atom. The molecule has 1 aromatic heterocycles. The Morgan fingerprint density at radius 1 is 1.30 bits per heavy atom. The highest BCUT2D eigenvalue weighted by atomic mass is 19.1. The average molecular weight is 139 g/mol. The number of aromatic nitrogens is 1. The van der Waals surface area contributed by atoms with E-state index < -0.39 is 0 Å². The maximum atomic E-state index is 12.8. The van der Waals surface area contributed by atoms with Crippen molar-refractivity contribution in [1.29, 1.82) is 0 Å². The van der Waals surface area contributed by atoms with Gasteiger partial charge in [0, 0.05) is 17.0 Å². The molecule has 0 aromatic carbocycles. The van der Waals surface area contributed by atoms with Gasteiger partial charge in [0.15, 0.2) is 0 Å². The number of rotatable bonds is 0. The molecule has 0 aliphatic carbocycles. The second-order valence-corrected chi connectivity index (χ2v) is 2.46. The van der Waals surface area contributed by atoms with Crippen LogP contribution in [0, 0.1) is 26.6 Å². The summed E-state index contributed by atoms with van der Waals surface area (Å²) in [5, 5.41) is 0. The van der Waals surface area contributed by atoms with Crippen LogP contribution in [0.15, 0.2) is 6.07 Å². The molecule has 0 unspecified atom stereocenters. The SMILES string of the molecule is Cc1cc(F)c(C)c(C)n1. The summed E-state index contributed by atoms with van der Waals surface area (Å²) < 4.78 is 12.8. The summed E-state index contributed by atoms with van der Waals surface area (Å²) in [5.41, 5.74) is 2.16. The van der Waals surface area contributed by atoms with Crippen LogP contribution in [0.3, 0.4) is 0 Å². The van der Waals surface area contributed by atoms with Crippen molar-refractivity contribution in [2.24, 2.45) is 0 Å². The van der Waals surface area contributed by atoms with Crippen molar-refractivity contribution in [3.05, 3.63) is 28.8 Å². The molecule has 0 saturated carbocycles. The molecule has 0 fully saturated rings. The molecule has 1 heterocycles. The molecule has 0 spiro atoms. The minimum atomic E-state index is -0.162. The summed E-state index contributed by atoms with van der Waals surface area (Å²) in [6, 6.07) is 1.45. The van der Waals surface area contributed by atoms with Crippen LogP contribution in [-0.4, -0.2) is 4.98 Å². The molecule has 0 bridgehead atoms. The maximum Gasteiger partial charge on any atom is 0.129 e. The Labute approximate surface area is 59.9 Å². The third-order valence-corrected chi connectivity index (χ3v) is 1.58. The van der Waals surface area contributed by atoms with Gasteiger partial charge in [-0.15, -0.1) is 0 Å². The Kier molecular flexibility index (Phi) is 1.70. The monoisotopic (exact) mass is 139 g/mol. The minimum absolute atomic E-state index is 0.162. The molecule has 0 saturated heterocycles. The van der Waals surface area contributed by atoms with Crippen molar-refractivity contribution in [2.45, 2.75) is 20.8 Å². The Bertz CT molecular complexity index is 232. The van der Waals surface area contributed by atoms with Crippen LogP contribution in [0.25, 0.3) is 0 Å². The van der Waals surface area contributed by atoms with Gasteiger partial charge < -0.3 is 0 Å². The highest BCUT2D eigenvalue weighted by Crippen LogP contribution is 2.09. The number of aryl methyl sites for hydroxylation is 2. The molecule has 2 heteroatoms. The van der Waals surface area contributed by atoms with Gasteiger partial charge in [-0.1, -0.05) is 0 Å². The summed E-state index contributed by atoms with van der Waals surface area (Å²) in [6.45, 7) is 5.33. The first-order chi connectivity index (χ1) is 4.61. The van der Waals surface area contributed by atoms with Gasteiger partial charge in [0.05, 0.1) is 0 Å². The standard InChI is InChI=1S/C8H10FN/c1-5-4-8(9)6(2)7(3)10-5/h4H,1-3H3. The zero-order valence-corrected chi connectivity index (χ0v) is 6.40. The molecule has 0 atom stereocenters. The van der Waals surface area contributed by atoms with Gasteiger partial charge in [0.25, 0.3) is 0 Å². The first-order valence-electron chi connectivity index (χ1n) is 3.21. The maximum absolute atomic E-state index is 12.8. The molecular formula is C8H10FN. The third kappa shape index (κ3) is 1.15. The minimum Gasteiger partial charge on any atom is -0.258 e. The van der Waals surface area contributed by atoms with E-state index >= 15 is 0 Å². The Morgan fingerprint density at radius 3 is 2.40 bits per heavy atom. The van der Waals surface area contributed by atoms with E-state index in [4.69, 9.17) is 0 Å². The normalized spacial score (nSPS) is 10.0. The lowest BCUT2D eigenvalue weighted by atomic mass is 10.2. The molecule has 0 N–H and O–H groups in total. The van der Waals surface area contributed by atoms with E-state index in [1.165, 1.54) is 6.07 Å². The predicted molar refractivity (Wildman–Crippen MR) is 38.4 cm³/mol. The van der Waals surface area contributed by atoms with Crippen molar-refractivity contribution in [1.82, 2.24) is 4.98 Å². The number of hydrogen-bond donors (Lipinski definition) is 0. The highest BCUT2D eigenvalue weighted by Gasteiger charge is 2.01. The zero-order valence-electron chi connectivity index (χ0n) is 6.40. The fourth-order valence-corrected chi connectivity index (χ4v) is 0.845. The lowest BCUT2D eigenvalue weighted by Gasteiger charge is -2.00. The van der Waals surface area contributed by atoms with Crippen LogP contribution in [0.2, 0.25) is 0 Å². The van der Waals surface area contributed by atoms with Crippen LogP contribution in [0.4, 0.5) is 4.39 Å². The van der Waals surface area contributed by atoms with Gasteiger partial charge in [0.1, 0.15) is 5.82 Å². The van der Waals surface area contributed by atoms with Crippen LogP contribution in [0.1, 0.15) is 17.0 Å². The zero-order chi connectivity index (χ0) is 7.72. The lowest BCUT2D eigenvalue weighted by Crippen LogP contribution is -1.93. The molecule has 10 heavy (non-hydrogen) atoms. The topological polar surface area (TPSA) is 12.9 Å². The molecule has 54 valence electrons. The van der Waals surface area contributed by atoms with Gasteiger partial charge in [-0.2, -0.15) is 0 Å². The van der Waals surface area contributed by atoms with Crippen molar-refractivity contribution < 1.29 is 4.39 Å². The fourth-order valence-electron chi connectivity index (χ4n) is 0.845. The van der Waals surface area contributed by atoms with E-state index in [1.807, 2.05) is 6.92 Å². The summed E-state index contributed by atoms with van der Waals surface area (Å²) in [4.78, 5) is 4.09. The molecule has 1 aromatic rings. The Hall–Kier alpha value is -0.920. The average Bonchev–Trinajstić information content (AvgIpc) is 1.82. The van der Waals surface area contributed by atoms with Gasteiger partial charge >= 0.3 is 0 Å². The van der Waals surface area contributed by atoms with E-state index in [0.717, 1.165) is 11.4 Å². The molecule has 1 rings (SSSR count). The van der Waals surface area contributed by atoms with Crippen LogP contribution in [0.5, 0.6) is 0 Å². The van der Waals surface area contributed by atoms with Crippen LogP contribution >= 0.6 is 0 Å². The van der Waals surface area contributed by atoms with Gasteiger partial charge in [-0.05, 0) is 26.8 Å². The van der Waals surface area contributed by atoms with Crippen molar-refractivity contribution >= 4 is 0 Å². The molecule has 0 aliphatic heterocycles. The second kappa shape index (κ2) is 2.37. The molecule has 0 amide bonds. The van der Waals surface area contributed by atoms with E-state index in [2.05, 4.69) is 4.98 Å². The number of hydrogen-bond acceptors (Lipinski definition) is 1. The predicted octanol–water partition coefficient (Wildman–Crippen LogP) is 2.15. The second-order valence-electron chi connectivity index (χ2n) is 2.46. The van der Waals surface area contributed by atoms with E-state index in [9.17, 15) is 4.39 Å². The summed E-state index contributed by atoms with van der Waals surface area (Å²) >= 11 is 0. The Balaban J connectivity index is 3.31. The van der Waals surface area contributed by atoms with Crippen LogP contribution in [-0.2, 0) is 0 Å². The van der Waals surface area contributed by atoms with Crippen molar-refractivity contribution in [3.8, 4) is 0 Å². The van der Waals surface area contributed by atoms with Gasteiger partial charge in [-0.3, -0.25) is 4.98 Å². The fraction of sp³-hybridized carbons (Fsp3) is 0.375. The van der Waals surface area contributed by atoms with Crippen molar-refractivity contribution in [2.75, 3.05) is 0 Å². The van der Waals surface area contributed by atoms with Gasteiger partial charge in [-0.25, -0.2) is 4.39 Å². The quantitative estimate of drug-likeness (QED) is 0.536. The van der Waals surface area contributed by atoms with Crippen LogP contribution < -0.4 is 0 Å².